The summed E-state index contributed by atoms with van der Waals surface area (Å²) in [6, 6.07) is 27.5. The predicted octanol–water partition coefficient (Wildman–Crippen LogP) is 4.12. The smallest absolute Gasteiger partial charge is 0.327 e. The molecule has 7 nitrogen and oxygen atoms in total. The van der Waals surface area contributed by atoms with E-state index in [-0.39, 0.29) is 4.90 Å². The van der Waals surface area contributed by atoms with Gasteiger partial charge in [0.2, 0.25) is 0 Å². The minimum Gasteiger partial charge on any atom is -0.454 e. The van der Waals surface area contributed by atoms with Gasteiger partial charge < -0.3 is 10.1 Å². The van der Waals surface area contributed by atoms with Crippen molar-refractivity contribution < 1.29 is 22.7 Å². The number of esters is 1. The van der Waals surface area contributed by atoms with Crippen LogP contribution in [0.4, 0.5) is 11.4 Å². The number of rotatable bonds is 7. The largest absolute Gasteiger partial charge is 0.454 e. The number of anilines is 2. The Morgan fingerprint density at radius 2 is 1.54 bits per heavy atom. The molecule has 0 aromatic heterocycles. The minimum absolute atomic E-state index is 0.158. The summed E-state index contributed by atoms with van der Waals surface area (Å²) in [4.78, 5) is 25.2. The number of sulfonamides is 1. The Balaban J connectivity index is 1.23. The van der Waals surface area contributed by atoms with Gasteiger partial charge in [-0.15, -0.1) is 0 Å². The molecular formula is C27H22N2O5S. The summed E-state index contributed by atoms with van der Waals surface area (Å²) < 4.78 is 32.2. The molecule has 4 aromatic carbocycles. The summed E-state index contributed by atoms with van der Waals surface area (Å²) in [5.74, 6) is -1.32. The fraction of sp³-hybridized carbons (Fsp3) is 0.111. The highest BCUT2D eigenvalue weighted by molar-refractivity contribution is 7.93. The molecular weight excluding hydrogens is 464 g/mol. The third-order valence-electron chi connectivity index (χ3n) is 5.85. The quantitative estimate of drug-likeness (QED) is 0.397. The van der Waals surface area contributed by atoms with Gasteiger partial charge in [0, 0.05) is 11.1 Å². The zero-order chi connectivity index (χ0) is 24.4. The van der Waals surface area contributed by atoms with Crippen molar-refractivity contribution in [2.24, 2.45) is 0 Å². The molecule has 8 heteroatoms. The Labute approximate surface area is 203 Å². The molecule has 5 rings (SSSR count). The van der Waals surface area contributed by atoms with Gasteiger partial charge in [-0.2, -0.15) is 0 Å². The summed E-state index contributed by atoms with van der Waals surface area (Å²) in [6.45, 7) is -1.04. The van der Waals surface area contributed by atoms with E-state index in [0.717, 1.165) is 20.8 Å². The lowest BCUT2D eigenvalue weighted by Gasteiger charge is -2.18. The topological polar surface area (TPSA) is 92.8 Å². The van der Waals surface area contributed by atoms with Crippen molar-refractivity contribution in [2.45, 2.75) is 11.3 Å². The second-order valence-electron chi connectivity index (χ2n) is 8.17. The number of hydrogen-bond acceptors (Lipinski definition) is 5. The number of para-hydroxylation sites is 1. The van der Waals surface area contributed by atoms with Crippen LogP contribution in [0.5, 0.6) is 0 Å². The van der Waals surface area contributed by atoms with Crippen LogP contribution >= 0.6 is 0 Å². The van der Waals surface area contributed by atoms with Gasteiger partial charge in [-0.05, 0) is 41.1 Å². The van der Waals surface area contributed by atoms with Gasteiger partial charge in [-0.1, -0.05) is 72.8 Å². The van der Waals surface area contributed by atoms with Crippen molar-refractivity contribution >= 4 is 44.0 Å². The Kier molecular flexibility index (Phi) is 5.96. The third kappa shape index (κ3) is 4.48. The van der Waals surface area contributed by atoms with Crippen molar-refractivity contribution in [3.8, 4) is 0 Å². The van der Waals surface area contributed by atoms with Gasteiger partial charge in [0.05, 0.1) is 10.6 Å². The fourth-order valence-electron chi connectivity index (χ4n) is 4.24. The van der Waals surface area contributed by atoms with Crippen molar-refractivity contribution in [2.75, 3.05) is 22.8 Å². The molecule has 0 spiro atoms. The third-order valence-corrected chi connectivity index (χ3v) is 7.65. The lowest BCUT2D eigenvalue weighted by atomic mass is 10.0. The maximum atomic E-state index is 13.0. The molecule has 0 bridgehead atoms. The van der Waals surface area contributed by atoms with Crippen LogP contribution in [-0.2, 0) is 30.8 Å². The second-order valence-corrected chi connectivity index (χ2v) is 10.0. The lowest BCUT2D eigenvalue weighted by molar-refractivity contribution is -0.145. The summed E-state index contributed by atoms with van der Waals surface area (Å²) in [5.41, 5.74) is 3.08. The van der Waals surface area contributed by atoms with Crippen LogP contribution in [-0.4, -0.2) is 33.4 Å². The molecule has 1 heterocycles. The summed E-state index contributed by atoms with van der Waals surface area (Å²) in [5, 5.41) is 4.13. The SMILES string of the molecule is O=C(COC(=O)CN1c2cccc3cccc(c23)S1(=O)=O)Nc1ccccc1Cc1ccccc1. The summed E-state index contributed by atoms with van der Waals surface area (Å²) >= 11 is 0. The van der Waals surface area contributed by atoms with Crippen LogP contribution < -0.4 is 9.62 Å². The van der Waals surface area contributed by atoms with E-state index >= 15 is 0 Å². The molecule has 0 unspecified atom stereocenters. The van der Waals surface area contributed by atoms with Crippen molar-refractivity contribution in [1.82, 2.24) is 0 Å². The standard InChI is InChI=1S/C27H22N2O5S/c30-25(28-22-13-5-4-10-21(22)16-19-8-2-1-3-9-19)18-34-26(31)17-29-23-14-6-11-20-12-7-15-24(27(20)23)35(29,32)33/h1-15H,16-18H2,(H,28,30). The number of nitrogens with one attached hydrogen (secondary N) is 1. The predicted molar refractivity (Wildman–Crippen MR) is 134 cm³/mol. The lowest BCUT2D eigenvalue weighted by Crippen LogP contribution is -2.34. The molecule has 1 aliphatic rings. The van der Waals surface area contributed by atoms with E-state index in [1.807, 2.05) is 60.7 Å². The highest BCUT2D eigenvalue weighted by Gasteiger charge is 2.37. The average Bonchev–Trinajstić information content (AvgIpc) is 3.08. The zero-order valence-electron chi connectivity index (χ0n) is 18.7. The maximum Gasteiger partial charge on any atom is 0.327 e. The number of ether oxygens (including phenoxy) is 1. The molecule has 1 amide bonds. The Morgan fingerprint density at radius 1 is 0.829 bits per heavy atom. The summed E-state index contributed by atoms with van der Waals surface area (Å²) in [7, 11) is -3.88. The van der Waals surface area contributed by atoms with Crippen molar-refractivity contribution in [3.05, 3.63) is 102 Å². The maximum absolute atomic E-state index is 13.0. The van der Waals surface area contributed by atoms with E-state index in [4.69, 9.17) is 4.74 Å². The molecule has 35 heavy (non-hydrogen) atoms. The normalized spacial score (nSPS) is 13.5. The molecule has 0 saturated heterocycles. The van der Waals surface area contributed by atoms with E-state index in [1.54, 1.807) is 24.3 Å². The molecule has 1 aliphatic heterocycles. The highest BCUT2D eigenvalue weighted by Crippen LogP contribution is 2.41. The van der Waals surface area contributed by atoms with E-state index in [1.165, 1.54) is 6.07 Å². The van der Waals surface area contributed by atoms with Gasteiger partial charge in [0.1, 0.15) is 6.54 Å². The van der Waals surface area contributed by atoms with E-state index in [9.17, 15) is 18.0 Å². The van der Waals surface area contributed by atoms with Gasteiger partial charge in [-0.3, -0.25) is 13.9 Å². The van der Waals surface area contributed by atoms with Crippen LogP contribution in [0, 0.1) is 0 Å². The van der Waals surface area contributed by atoms with Crippen LogP contribution in [0.15, 0.2) is 95.9 Å². The molecule has 1 N–H and O–H groups in total. The molecule has 0 fully saturated rings. The first-order valence-corrected chi connectivity index (χ1v) is 12.5. The van der Waals surface area contributed by atoms with Gasteiger partial charge in [0.25, 0.3) is 15.9 Å². The van der Waals surface area contributed by atoms with Crippen LogP contribution in [0.25, 0.3) is 10.8 Å². The first-order valence-electron chi connectivity index (χ1n) is 11.1. The highest BCUT2D eigenvalue weighted by atomic mass is 32.2. The number of nitrogens with zero attached hydrogens (tertiary/aromatic N) is 1. The molecule has 0 radical (unpaired) electrons. The van der Waals surface area contributed by atoms with Crippen molar-refractivity contribution in [1.29, 1.82) is 0 Å². The van der Waals surface area contributed by atoms with Crippen molar-refractivity contribution in [3.63, 3.8) is 0 Å². The second kappa shape index (κ2) is 9.23. The Morgan fingerprint density at radius 3 is 2.34 bits per heavy atom. The number of carbonyl (C=O) groups excluding carboxylic acids is 2. The monoisotopic (exact) mass is 486 g/mol. The Bertz CT molecular complexity index is 1530. The fourth-order valence-corrected chi connectivity index (χ4v) is 5.89. The minimum atomic E-state index is -3.88. The number of benzene rings is 4. The van der Waals surface area contributed by atoms with Crippen LogP contribution in [0.1, 0.15) is 11.1 Å². The molecule has 0 atom stereocenters. The first kappa shape index (κ1) is 22.6. The van der Waals surface area contributed by atoms with E-state index in [0.29, 0.717) is 23.2 Å². The number of hydrogen-bond donors (Lipinski definition) is 1. The van der Waals surface area contributed by atoms with E-state index in [2.05, 4.69) is 5.32 Å². The molecule has 4 aromatic rings. The number of carbonyl (C=O) groups is 2. The van der Waals surface area contributed by atoms with Gasteiger partial charge >= 0.3 is 5.97 Å². The van der Waals surface area contributed by atoms with Gasteiger partial charge in [-0.25, -0.2) is 8.42 Å². The molecule has 176 valence electrons. The van der Waals surface area contributed by atoms with Crippen LogP contribution in [0.3, 0.4) is 0 Å². The van der Waals surface area contributed by atoms with Gasteiger partial charge in [0.15, 0.2) is 6.61 Å². The van der Waals surface area contributed by atoms with Crippen LogP contribution in [0.2, 0.25) is 0 Å². The average molecular weight is 487 g/mol. The summed E-state index contributed by atoms with van der Waals surface area (Å²) in [6.07, 6.45) is 0.635. The molecule has 0 saturated carbocycles. The molecule has 0 aliphatic carbocycles. The van der Waals surface area contributed by atoms with E-state index < -0.39 is 35.1 Å². The Hall–Kier alpha value is -4.17. The zero-order valence-corrected chi connectivity index (χ0v) is 19.5. The number of amides is 1. The first-order chi connectivity index (χ1) is 16.9.